The molecule has 1 aliphatic heterocycles. The summed E-state index contributed by atoms with van der Waals surface area (Å²) in [5.74, 6) is 0.0647. The number of aryl methyl sites for hydroxylation is 2. The Labute approximate surface area is 215 Å². The number of rotatable bonds is 8. The van der Waals surface area contributed by atoms with Crippen LogP contribution in [0, 0.1) is 25.6 Å². The number of benzene rings is 2. The van der Waals surface area contributed by atoms with Crippen molar-refractivity contribution in [2.45, 2.75) is 39.2 Å². The average Bonchev–Trinajstić information content (AvgIpc) is 3.55. The number of ether oxygens (including phenoxy) is 1. The minimum Gasteiger partial charge on any atom is -0.491 e. The molecule has 36 heavy (non-hydrogen) atoms. The van der Waals surface area contributed by atoms with Crippen LogP contribution in [0.4, 0.5) is 4.39 Å². The SMILES string of the molecule is Cc1ccc(OC[C@@H]2c3ccsc3CCN2C(=O)CN(CC2CC2)C(=O)c2ccccc2F)c(C)c1. The van der Waals surface area contributed by atoms with E-state index >= 15 is 0 Å². The predicted octanol–water partition coefficient (Wildman–Crippen LogP) is 5.56. The molecule has 1 atom stereocenters. The van der Waals surface area contributed by atoms with Crippen molar-refractivity contribution in [1.29, 1.82) is 0 Å². The van der Waals surface area contributed by atoms with Gasteiger partial charge in [0.15, 0.2) is 0 Å². The third-order valence-electron chi connectivity index (χ3n) is 7.04. The van der Waals surface area contributed by atoms with Crippen LogP contribution >= 0.6 is 11.3 Å². The molecule has 1 aromatic heterocycles. The molecule has 1 fully saturated rings. The molecule has 7 heteroatoms. The largest absolute Gasteiger partial charge is 0.491 e. The number of amides is 2. The molecular weight excluding hydrogens is 475 g/mol. The molecule has 2 aromatic carbocycles. The maximum Gasteiger partial charge on any atom is 0.257 e. The van der Waals surface area contributed by atoms with Gasteiger partial charge in [0, 0.05) is 18.0 Å². The quantitative estimate of drug-likeness (QED) is 0.402. The van der Waals surface area contributed by atoms with Crippen LogP contribution in [0.25, 0.3) is 0 Å². The van der Waals surface area contributed by atoms with Crippen LogP contribution < -0.4 is 4.74 Å². The zero-order chi connectivity index (χ0) is 25.2. The lowest BCUT2D eigenvalue weighted by Gasteiger charge is -2.37. The van der Waals surface area contributed by atoms with Gasteiger partial charge in [-0.1, -0.05) is 29.8 Å². The highest BCUT2D eigenvalue weighted by Crippen LogP contribution is 2.35. The van der Waals surface area contributed by atoms with Gasteiger partial charge in [0.25, 0.3) is 5.91 Å². The third-order valence-corrected chi connectivity index (χ3v) is 8.03. The smallest absolute Gasteiger partial charge is 0.257 e. The van der Waals surface area contributed by atoms with Crippen molar-refractivity contribution in [2.75, 3.05) is 26.2 Å². The highest BCUT2D eigenvalue weighted by Gasteiger charge is 2.35. The number of halogens is 1. The molecule has 3 aromatic rings. The summed E-state index contributed by atoms with van der Waals surface area (Å²) < 4.78 is 20.6. The first kappa shape index (κ1) is 24.5. The van der Waals surface area contributed by atoms with Crippen molar-refractivity contribution in [1.82, 2.24) is 9.80 Å². The van der Waals surface area contributed by atoms with Crippen LogP contribution in [0.15, 0.2) is 53.9 Å². The average molecular weight is 507 g/mol. The van der Waals surface area contributed by atoms with Crippen LogP contribution in [0.1, 0.15) is 50.8 Å². The van der Waals surface area contributed by atoms with Crippen molar-refractivity contribution in [3.63, 3.8) is 0 Å². The van der Waals surface area contributed by atoms with Crippen molar-refractivity contribution in [2.24, 2.45) is 5.92 Å². The zero-order valence-corrected chi connectivity index (χ0v) is 21.5. The fraction of sp³-hybridized carbons (Fsp3) is 0.379. The van der Waals surface area contributed by atoms with Crippen molar-refractivity contribution >= 4 is 23.2 Å². The summed E-state index contributed by atoms with van der Waals surface area (Å²) in [5, 5.41) is 2.06. The van der Waals surface area contributed by atoms with E-state index in [0.717, 1.165) is 36.1 Å². The van der Waals surface area contributed by atoms with Crippen molar-refractivity contribution in [3.05, 3.63) is 86.9 Å². The molecule has 1 aliphatic carbocycles. The van der Waals surface area contributed by atoms with Crippen LogP contribution in [0.5, 0.6) is 5.75 Å². The lowest BCUT2D eigenvalue weighted by molar-refractivity contribution is -0.135. The molecule has 0 unspecified atom stereocenters. The first-order chi connectivity index (χ1) is 17.4. The van der Waals surface area contributed by atoms with E-state index in [1.807, 2.05) is 30.9 Å². The second kappa shape index (κ2) is 10.4. The van der Waals surface area contributed by atoms with E-state index < -0.39 is 11.7 Å². The fourth-order valence-corrected chi connectivity index (χ4v) is 5.82. The van der Waals surface area contributed by atoms with E-state index in [4.69, 9.17) is 4.74 Å². The molecule has 5 rings (SSSR count). The molecule has 188 valence electrons. The van der Waals surface area contributed by atoms with Gasteiger partial charge in [0.1, 0.15) is 24.7 Å². The summed E-state index contributed by atoms with van der Waals surface area (Å²) in [7, 11) is 0. The molecule has 0 bridgehead atoms. The molecule has 0 saturated heterocycles. The highest BCUT2D eigenvalue weighted by molar-refractivity contribution is 7.10. The third kappa shape index (κ3) is 5.31. The number of carbonyl (C=O) groups excluding carboxylic acids is 2. The van der Waals surface area contributed by atoms with E-state index in [9.17, 15) is 14.0 Å². The number of nitrogens with zero attached hydrogens (tertiary/aromatic N) is 2. The lowest BCUT2D eigenvalue weighted by Crippen LogP contribution is -2.48. The summed E-state index contributed by atoms with van der Waals surface area (Å²) in [6, 6.07) is 13.9. The summed E-state index contributed by atoms with van der Waals surface area (Å²) in [6.45, 7) is 5.38. The topological polar surface area (TPSA) is 49.9 Å². The number of thiophene rings is 1. The second-order valence-electron chi connectivity index (χ2n) is 9.84. The summed E-state index contributed by atoms with van der Waals surface area (Å²) in [4.78, 5) is 31.6. The van der Waals surface area contributed by atoms with Crippen LogP contribution in [-0.2, 0) is 11.2 Å². The molecular formula is C29H31FN2O3S. The number of hydrogen-bond acceptors (Lipinski definition) is 4. The van der Waals surface area contributed by atoms with Crippen LogP contribution in [0.2, 0.25) is 0 Å². The van der Waals surface area contributed by atoms with Crippen molar-refractivity contribution in [3.8, 4) is 5.75 Å². The normalized spacial score (nSPS) is 17.0. The van der Waals surface area contributed by atoms with E-state index in [1.54, 1.807) is 23.5 Å². The standard InChI is InChI=1S/C29H31FN2O3S/c1-19-7-10-26(20(2)15-19)35-18-25-23-12-14-36-27(23)11-13-32(25)28(33)17-31(16-21-8-9-21)29(34)22-5-3-4-6-24(22)30/h3-7,10,12,14-15,21,25H,8-9,11,13,16-18H2,1-2H3/t25-/m1/s1. The van der Waals surface area contributed by atoms with Gasteiger partial charge < -0.3 is 14.5 Å². The second-order valence-corrected chi connectivity index (χ2v) is 10.8. The molecule has 0 radical (unpaired) electrons. The molecule has 5 nitrogen and oxygen atoms in total. The molecule has 2 heterocycles. The zero-order valence-electron chi connectivity index (χ0n) is 20.7. The lowest BCUT2D eigenvalue weighted by atomic mass is 10.00. The number of carbonyl (C=O) groups is 2. The Morgan fingerprint density at radius 2 is 1.94 bits per heavy atom. The Kier molecular flexibility index (Phi) is 7.10. The highest BCUT2D eigenvalue weighted by atomic mass is 32.1. The van der Waals surface area contributed by atoms with E-state index in [-0.39, 0.29) is 24.1 Å². The fourth-order valence-electron chi connectivity index (χ4n) is 4.90. The molecule has 0 spiro atoms. The first-order valence-electron chi connectivity index (χ1n) is 12.5. The number of fused-ring (bicyclic) bond motifs is 1. The van der Waals surface area contributed by atoms with Gasteiger partial charge >= 0.3 is 0 Å². The monoisotopic (exact) mass is 506 g/mol. The van der Waals surface area contributed by atoms with Gasteiger partial charge in [-0.25, -0.2) is 4.39 Å². The van der Waals surface area contributed by atoms with Crippen molar-refractivity contribution < 1.29 is 18.7 Å². The van der Waals surface area contributed by atoms with Gasteiger partial charge in [0.2, 0.25) is 5.91 Å². The van der Waals surface area contributed by atoms with Gasteiger partial charge in [-0.15, -0.1) is 11.3 Å². The Balaban J connectivity index is 1.36. The van der Waals surface area contributed by atoms with Crippen LogP contribution in [0.3, 0.4) is 0 Å². The van der Waals surface area contributed by atoms with E-state index in [2.05, 4.69) is 17.5 Å². The van der Waals surface area contributed by atoms with Crippen LogP contribution in [-0.4, -0.2) is 47.9 Å². The minimum atomic E-state index is -0.559. The molecule has 2 amide bonds. The Hall–Kier alpha value is -3.19. The van der Waals surface area contributed by atoms with E-state index in [1.165, 1.54) is 27.5 Å². The Morgan fingerprint density at radius 1 is 1.14 bits per heavy atom. The maximum atomic E-state index is 14.4. The molecule has 1 saturated carbocycles. The summed E-state index contributed by atoms with van der Waals surface area (Å²) in [5.41, 5.74) is 3.35. The maximum absolute atomic E-state index is 14.4. The Bertz CT molecular complexity index is 1270. The predicted molar refractivity (Wildman–Crippen MR) is 139 cm³/mol. The molecule has 2 aliphatic rings. The summed E-state index contributed by atoms with van der Waals surface area (Å²) in [6.07, 6.45) is 2.84. The molecule has 0 N–H and O–H groups in total. The van der Waals surface area contributed by atoms with Gasteiger partial charge in [-0.05, 0) is 79.8 Å². The van der Waals surface area contributed by atoms with E-state index in [0.29, 0.717) is 25.6 Å². The first-order valence-corrected chi connectivity index (χ1v) is 13.4. The Morgan fingerprint density at radius 3 is 2.69 bits per heavy atom. The minimum absolute atomic E-state index is 0.0134. The van der Waals surface area contributed by atoms with Gasteiger partial charge in [0.05, 0.1) is 11.6 Å². The summed E-state index contributed by atoms with van der Waals surface area (Å²) >= 11 is 1.70. The van der Waals surface area contributed by atoms with Gasteiger partial charge in [-0.3, -0.25) is 9.59 Å². The number of hydrogen-bond donors (Lipinski definition) is 0. The van der Waals surface area contributed by atoms with Gasteiger partial charge in [-0.2, -0.15) is 0 Å².